The zero-order chi connectivity index (χ0) is 20.5. The lowest BCUT2D eigenvalue weighted by Gasteiger charge is -2.34. The number of piperazine rings is 1. The fourth-order valence-corrected chi connectivity index (χ4v) is 3.61. The zero-order valence-electron chi connectivity index (χ0n) is 17.6. The summed E-state index contributed by atoms with van der Waals surface area (Å²) < 4.78 is 5.04. The van der Waals surface area contributed by atoms with Gasteiger partial charge < -0.3 is 25.6 Å². The molecule has 10 nitrogen and oxygen atoms in total. The Kier molecular flexibility index (Phi) is 10.3. The number of guanidine groups is 1. The smallest absolute Gasteiger partial charge is 0.409 e. The molecule has 0 aromatic carbocycles. The maximum atomic E-state index is 11.7. The van der Waals surface area contributed by atoms with Crippen LogP contribution in [0.3, 0.4) is 0 Å². The second kappa shape index (κ2) is 12.7. The number of likely N-dealkylation sites (tertiary alicyclic amines) is 1. The molecule has 2 aliphatic rings. The number of hydrogen-bond donors (Lipinski definition) is 2. The summed E-state index contributed by atoms with van der Waals surface area (Å²) in [6.45, 7) is 8.91. The third-order valence-corrected chi connectivity index (χ3v) is 5.28. The summed E-state index contributed by atoms with van der Waals surface area (Å²) in [7, 11) is 0. The van der Waals surface area contributed by atoms with Gasteiger partial charge in [0.05, 0.1) is 13.2 Å². The van der Waals surface area contributed by atoms with Crippen molar-refractivity contribution in [1.29, 1.82) is 0 Å². The van der Waals surface area contributed by atoms with Crippen LogP contribution >= 0.6 is 24.0 Å². The highest BCUT2D eigenvalue weighted by Gasteiger charge is 2.23. The van der Waals surface area contributed by atoms with E-state index in [0.717, 1.165) is 51.5 Å². The number of carbonyl (C=O) groups excluding carboxylic acids is 1. The third-order valence-electron chi connectivity index (χ3n) is 5.28. The first-order chi connectivity index (χ1) is 14.2. The van der Waals surface area contributed by atoms with Crippen LogP contribution in [0, 0.1) is 0 Å². The summed E-state index contributed by atoms with van der Waals surface area (Å²) in [5.41, 5.74) is 6.05. The van der Waals surface area contributed by atoms with Crippen molar-refractivity contribution in [3.05, 3.63) is 18.5 Å². The largest absolute Gasteiger partial charge is 0.450 e. The average Bonchev–Trinajstić information content (AvgIpc) is 2.75. The number of nitrogens with one attached hydrogen (secondary N) is 1. The Balaban J connectivity index is 0.00000320. The van der Waals surface area contributed by atoms with Gasteiger partial charge in [-0.3, -0.25) is 9.89 Å². The molecule has 3 rings (SSSR count). The lowest BCUT2D eigenvalue weighted by molar-refractivity contribution is 0.0963. The Hall–Kier alpha value is -1.89. The molecule has 0 bridgehead atoms. The lowest BCUT2D eigenvalue weighted by Crippen LogP contribution is -2.49. The normalized spacial score (nSPS) is 18.6. The van der Waals surface area contributed by atoms with Crippen LogP contribution in [0.5, 0.6) is 0 Å². The highest BCUT2D eigenvalue weighted by Crippen LogP contribution is 2.11. The SMILES string of the molecule is CCOC(=O)N1CCC(NC(N)=NCCN2CCN(c3ncccn3)CC2)CC1.I. The van der Waals surface area contributed by atoms with Crippen molar-refractivity contribution in [2.24, 2.45) is 10.7 Å². The van der Waals surface area contributed by atoms with Gasteiger partial charge in [-0.1, -0.05) is 0 Å². The van der Waals surface area contributed by atoms with Crippen LogP contribution in [0.2, 0.25) is 0 Å². The van der Waals surface area contributed by atoms with Crippen LogP contribution in [0.25, 0.3) is 0 Å². The molecule has 2 aliphatic heterocycles. The van der Waals surface area contributed by atoms with Gasteiger partial charge in [0.15, 0.2) is 5.96 Å². The van der Waals surface area contributed by atoms with Gasteiger partial charge in [-0.2, -0.15) is 0 Å². The van der Waals surface area contributed by atoms with Crippen LogP contribution in [-0.2, 0) is 4.74 Å². The van der Waals surface area contributed by atoms with E-state index < -0.39 is 0 Å². The van der Waals surface area contributed by atoms with Crippen molar-refractivity contribution in [3.8, 4) is 0 Å². The standard InChI is InChI=1S/C19H32N8O2.HI/c1-2-29-19(28)27-9-4-16(5-10-27)24-17(20)21-8-11-25-12-14-26(15-13-25)18-22-6-3-7-23-18;/h3,6-7,16H,2,4-5,8-15H2,1H3,(H3,20,21,24);1H. The molecule has 2 saturated heterocycles. The quantitative estimate of drug-likeness (QED) is 0.314. The molecule has 0 aliphatic carbocycles. The van der Waals surface area contributed by atoms with Gasteiger partial charge in [0.25, 0.3) is 0 Å². The van der Waals surface area contributed by atoms with Crippen LogP contribution < -0.4 is 16.0 Å². The number of hydrogen-bond acceptors (Lipinski definition) is 7. The molecule has 1 aromatic rings. The van der Waals surface area contributed by atoms with Crippen LogP contribution in [0.15, 0.2) is 23.5 Å². The third kappa shape index (κ3) is 7.42. The monoisotopic (exact) mass is 532 g/mol. The predicted octanol–water partition coefficient (Wildman–Crippen LogP) is 0.742. The molecule has 0 unspecified atom stereocenters. The van der Waals surface area contributed by atoms with Gasteiger partial charge in [-0.25, -0.2) is 14.8 Å². The number of aromatic nitrogens is 2. The molecule has 1 aromatic heterocycles. The molecular weight excluding hydrogens is 499 g/mol. The van der Waals surface area contributed by atoms with Gasteiger partial charge in [-0.05, 0) is 25.8 Å². The highest BCUT2D eigenvalue weighted by atomic mass is 127. The van der Waals surface area contributed by atoms with Crippen molar-refractivity contribution in [2.75, 3.05) is 63.9 Å². The van der Waals surface area contributed by atoms with E-state index in [-0.39, 0.29) is 36.1 Å². The number of aliphatic imine (C=N–C) groups is 1. The highest BCUT2D eigenvalue weighted by molar-refractivity contribution is 14.0. The molecule has 2 fully saturated rings. The number of carbonyl (C=O) groups is 1. The second-order valence-electron chi connectivity index (χ2n) is 7.25. The maximum Gasteiger partial charge on any atom is 0.409 e. The van der Waals surface area contributed by atoms with Crippen molar-refractivity contribution in [1.82, 2.24) is 25.1 Å². The zero-order valence-corrected chi connectivity index (χ0v) is 19.9. The number of ether oxygens (including phenoxy) is 1. The first-order valence-corrected chi connectivity index (χ1v) is 10.4. The Bertz CT molecular complexity index is 662. The van der Waals surface area contributed by atoms with E-state index in [1.54, 1.807) is 17.3 Å². The van der Waals surface area contributed by atoms with E-state index in [4.69, 9.17) is 10.5 Å². The van der Waals surface area contributed by atoms with E-state index in [0.29, 0.717) is 32.2 Å². The molecule has 30 heavy (non-hydrogen) atoms. The molecule has 3 N–H and O–H groups in total. The summed E-state index contributed by atoms with van der Waals surface area (Å²) in [6.07, 6.45) is 5.02. The number of piperidine rings is 1. The van der Waals surface area contributed by atoms with Crippen molar-refractivity contribution in [3.63, 3.8) is 0 Å². The molecule has 0 saturated carbocycles. The van der Waals surface area contributed by atoms with E-state index in [1.807, 2.05) is 13.0 Å². The number of halogens is 1. The minimum Gasteiger partial charge on any atom is -0.450 e. The first-order valence-electron chi connectivity index (χ1n) is 10.4. The van der Waals surface area contributed by atoms with Gasteiger partial charge in [-0.15, -0.1) is 24.0 Å². The number of rotatable bonds is 6. The Morgan fingerprint density at radius 1 is 1.20 bits per heavy atom. The molecule has 0 radical (unpaired) electrons. The van der Waals surface area contributed by atoms with Gasteiger partial charge in [0.1, 0.15) is 0 Å². The van der Waals surface area contributed by atoms with Crippen molar-refractivity contribution >= 4 is 42.0 Å². The molecule has 1 amide bonds. The molecule has 0 atom stereocenters. The lowest BCUT2D eigenvalue weighted by atomic mass is 10.1. The van der Waals surface area contributed by atoms with Crippen molar-refractivity contribution < 1.29 is 9.53 Å². The van der Waals surface area contributed by atoms with E-state index in [2.05, 4.69) is 30.1 Å². The number of nitrogens with zero attached hydrogens (tertiary/aromatic N) is 6. The molecule has 3 heterocycles. The Morgan fingerprint density at radius 2 is 1.87 bits per heavy atom. The van der Waals surface area contributed by atoms with E-state index in [9.17, 15) is 4.79 Å². The summed E-state index contributed by atoms with van der Waals surface area (Å²) in [6, 6.07) is 2.08. The Morgan fingerprint density at radius 3 is 2.50 bits per heavy atom. The summed E-state index contributed by atoms with van der Waals surface area (Å²) in [5.74, 6) is 1.28. The summed E-state index contributed by atoms with van der Waals surface area (Å²) in [5, 5.41) is 3.28. The molecule has 0 spiro atoms. The van der Waals surface area contributed by atoms with Crippen molar-refractivity contribution in [2.45, 2.75) is 25.8 Å². The number of anilines is 1. The van der Waals surface area contributed by atoms with E-state index in [1.165, 1.54) is 0 Å². The first kappa shape index (κ1) is 24.4. The minimum atomic E-state index is -0.230. The number of nitrogens with two attached hydrogens (primary N) is 1. The molecular formula is C19H33IN8O2. The fourth-order valence-electron chi connectivity index (χ4n) is 3.61. The predicted molar refractivity (Wildman–Crippen MR) is 127 cm³/mol. The van der Waals surface area contributed by atoms with Gasteiger partial charge in [0.2, 0.25) is 5.95 Å². The molecule has 11 heteroatoms. The van der Waals surface area contributed by atoms with Crippen LogP contribution in [-0.4, -0.2) is 96.8 Å². The van der Waals surface area contributed by atoms with Crippen LogP contribution in [0.4, 0.5) is 10.7 Å². The second-order valence-corrected chi connectivity index (χ2v) is 7.25. The van der Waals surface area contributed by atoms with Gasteiger partial charge in [0, 0.05) is 64.2 Å². The summed E-state index contributed by atoms with van der Waals surface area (Å²) >= 11 is 0. The van der Waals surface area contributed by atoms with Crippen LogP contribution in [0.1, 0.15) is 19.8 Å². The average molecular weight is 532 g/mol. The fraction of sp³-hybridized carbons (Fsp3) is 0.684. The van der Waals surface area contributed by atoms with Gasteiger partial charge >= 0.3 is 6.09 Å². The Labute approximate surface area is 195 Å². The minimum absolute atomic E-state index is 0. The maximum absolute atomic E-state index is 11.7. The number of amides is 1. The molecule has 168 valence electrons. The van der Waals surface area contributed by atoms with E-state index >= 15 is 0 Å². The summed E-state index contributed by atoms with van der Waals surface area (Å²) in [4.78, 5) is 31.2. The topological polar surface area (TPSA) is 112 Å².